The zero-order valence-electron chi connectivity index (χ0n) is 11.9. The number of likely N-dealkylation sites (N-methyl/N-ethyl adjacent to an activating group) is 1. The van der Waals surface area contributed by atoms with Crippen molar-refractivity contribution in [3.05, 3.63) is 29.8 Å². The van der Waals surface area contributed by atoms with Crippen molar-refractivity contribution in [3.63, 3.8) is 0 Å². The normalized spacial score (nSPS) is 10.9. The molecule has 2 N–H and O–H groups in total. The lowest BCUT2D eigenvalue weighted by Crippen LogP contribution is -2.27. The molecule has 0 atom stereocenters. The average Bonchev–Trinajstić information content (AvgIpc) is 2.39. The summed E-state index contributed by atoms with van der Waals surface area (Å²) in [5.41, 5.74) is 8.01. The highest BCUT2D eigenvalue weighted by atomic mass is 16.5. The van der Waals surface area contributed by atoms with Crippen LogP contribution in [0.1, 0.15) is 26.3 Å². The Bertz CT molecular complexity index is 322. The summed E-state index contributed by atoms with van der Waals surface area (Å²) in [6.07, 6.45) is 0. The fourth-order valence-electron chi connectivity index (χ4n) is 1.81. The van der Waals surface area contributed by atoms with Crippen LogP contribution >= 0.6 is 0 Å². The second-order valence-electron chi connectivity index (χ2n) is 4.92. The maximum absolute atomic E-state index is 5.63. The van der Waals surface area contributed by atoms with Gasteiger partial charge in [-0.1, -0.05) is 26.0 Å². The molecule has 1 rings (SSSR count). The fraction of sp³-hybridized carbons (Fsp3) is 0.600. The summed E-state index contributed by atoms with van der Waals surface area (Å²) in [5.74, 6) is 0.601. The molecule has 0 fully saturated rings. The predicted octanol–water partition coefficient (Wildman–Crippen LogP) is 2.64. The fourth-order valence-corrected chi connectivity index (χ4v) is 1.81. The SMILES string of the molecule is CCN(CCOCC(C)C)c1ccc(CN)cc1. The topological polar surface area (TPSA) is 38.5 Å². The third-order valence-electron chi connectivity index (χ3n) is 2.88. The number of nitrogens with zero attached hydrogens (tertiary/aromatic N) is 1. The molecule has 18 heavy (non-hydrogen) atoms. The molecule has 0 heterocycles. The molecule has 0 spiro atoms. The first-order valence-corrected chi connectivity index (χ1v) is 6.79. The minimum Gasteiger partial charge on any atom is -0.379 e. The predicted molar refractivity (Wildman–Crippen MR) is 77.9 cm³/mol. The lowest BCUT2D eigenvalue weighted by Gasteiger charge is -2.23. The molecule has 0 saturated heterocycles. The van der Waals surface area contributed by atoms with E-state index in [2.05, 4.69) is 49.9 Å². The van der Waals surface area contributed by atoms with Gasteiger partial charge in [-0.25, -0.2) is 0 Å². The van der Waals surface area contributed by atoms with E-state index in [1.165, 1.54) is 11.3 Å². The van der Waals surface area contributed by atoms with Crippen LogP contribution in [0.4, 0.5) is 5.69 Å². The van der Waals surface area contributed by atoms with Gasteiger partial charge < -0.3 is 15.4 Å². The number of ether oxygens (including phenoxy) is 1. The molecule has 0 bridgehead atoms. The van der Waals surface area contributed by atoms with Gasteiger partial charge in [0.25, 0.3) is 0 Å². The molecule has 0 aliphatic rings. The molecule has 0 saturated carbocycles. The van der Waals surface area contributed by atoms with Crippen LogP contribution in [0.5, 0.6) is 0 Å². The van der Waals surface area contributed by atoms with Crippen molar-refractivity contribution in [3.8, 4) is 0 Å². The smallest absolute Gasteiger partial charge is 0.0641 e. The summed E-state index contributed by atoms with van der Waals surface area (Å²) in [7, 11) is 0. The number of hydrogen-bond donors (Lipinski definition) is 1. The third kappa shape index (κ3) is 5.07. The lowest BCUT2D eigenvalue weighted by atomic mass is 10.2. The highest BCUT2D eigenvalue weighted by Gasteiger charge is 2.04. The number of nitrogens with two attached hydrogens (primary N) is 1. The Morgan fingerprint density at radius 2 is 1.89 bits per heavy atom. The van der Waals surface area contributed by atoms with Crippen LogP contribution < -0.4 is 10.6 Å². The first-order chi connectivity index (χ1) is 8.67. The highest BCUT2D eigenvalue weighted by molar-refractivity contribution is 5.47. The van der Waals surface area contributed by atoms with Crippen LogP contribution in [0.3, 0.4) is 0 Å². The van der Waals surface area contributed by atoms with Gasteiger partial charge in [-0.15, -0.1) is 0 Å². The van der Waals surface area contributed by atoms with Gasteiger partial charge in [-0.3, -0.25) is 0 Å². The molecule has 0 aromatic heterocycles. The largest absolute Gasteiger partial charge is 0.379 e. The molecule has 0 amide bonds. The van der Waals surface area contributed by atoms with Gasteiger partial charge in [-0.05, 0) is 30.5 Å². The van der Waals surface area contributed by atoms with E-state index in [1.54, 1.807) is 0 Å². The third-order valence-corrected chi connectivity index (χ3v) is 2.88. The van der Waals surface area contributed by atoms with E-state index in [9.17, 15) is 0 Å². The van der Waals surface area contributed by atoms with Crippen LogP contribution in [0.25, 0.3) is 0 Å². The standard InChI is InChI=1S/C15H26N2O/c1-4-17(9-10-18-12-13(2)3)15-7-5-14(11-16)6-8-15/h5-8,13H,4,9-12,16H2,1-3H3. The van der Waals surface area contributed by atoms with Crippen molar-refractivity contribution >= 4 is 5.69 Å². The van der Waals surface area contributed by atoms with E-state index in [1.807, 2.05) is 0 Å². The number of anilines is 1. The van der Waals surface area contributed by atoms with Crippen molar-refractivity contribution in [2.75, 3.05) is 31.2 Å². The molecule has 0 radical (unpaired) electrons. The van der Waals surface area contributed by atoms with Crippen molar-refractivity contribution < 1.29 is 4.74 Å². The van der Waals surface area contributed by atoms with Gasteiger partial charge in [0.1, 0.15) is 0 Å². The molecule has 0 aliphatic heterocycles. The summed E-state index contributed by atoms with van der Waals surface area (Å²) in [5, 5.41) is 0. The Balaban J connectivity index is 2.44. The monoisotopic (exact) mass is 250 g/mol. The number of rotatable bonds is 8. The quantitative estimate of drug-likeness (QED) is 0.721. The van der Waals surface area contributed by atoms with Crippen LogP contribution in [0.15, 0.2) is 24.3 Å². The maximum Gasteiger partial charge on any atom is 0.0641 e. The minimum atomic E-state index is 0.601. The maximum atomic E-state index is 5.63. The van der Waals surface area contributed by atoms with Crippen molar-refractivity contribution in [2.24, 2.45) is 11.7 Å². The summed E-state index contributed by atoms with van der Waals surface area (Å²) >= 11 is 0. The first kappa shape index (κ1) is 15.0. The Kier molecular flexibility index (Phi) is 6.76. The summed E-state index contributed by atoms with van der Waals surface area (Å²) < 4.78 is 5.63. The van der Waals surface area contributed by atoms with Crippen molar-refractivity contribution in [1.29, 1.82) is 0 Å². The van der Waals surface area contributed by atoms with E-state index in [4.69, 9.17) is 10.5 Å². The Hall–Kier alpha value is -1.06. The first-order valence-electron chi connectivity index (χ1n) is 6.79. The van der Waals surface area contributed by atoms with Gasteiger partial charge in [0, 0.05) is 31.9 Å². The van der Waals surface area contributed by atoms with Gasteiger partial charge in [0.15, 0.2) is 0 Å². The molecule has 3 nitrogen and oxygen atoms in total. The van der Waals surface area contributed by atoms with Crippen molar-refractivity contribution in [2.45, 2.75) is 27.3 Å². The minimum absolute atomic E-state index is 0.601. The van der Waals surface area contributed by atoms with Gasteiger partial charge in [-0.2, -0.15) is 0 Å². The molecule has 0 aliphatic carbocycles. The second kappa shape index (κ2) is 8.11. The lowest BCUT2D eigenvalue weighted by molar-refractivity contribution is 0.115. The number of benzene rings is 1. The molecular weight excluding hydrogens is 224 g/mol. The molecule has 1 aromatic carbocycles. The van der Waals surface area contributed by atoms with E-state index in [-0.39, 0.29) is 0 Å². The van der Waals surface area contributed by atoms with Crippen LogP contribution in [-0.2, 0) is 11.3 Å². The summed E-state index contributed by atoms with van der Waals surface area (Å²) in [4.78, 5) is 2.32. The molecular formula is C15H26N2O. The summed E-state index contributed by atoms with van der Waals surface area (Å²) in [6, 6.07) is 8.45. The van der Waals surface area contributed by atoms with E-state index in [0.717, 1.165) is 26.3 Å². The van der Waals surface area contributed by atoms with E-state index < -0.39 is 0 Å². The Morgan fingerprint density at radius 3 is 2.39 bits per heavy atom. The van der Waals surface area contributed by atoms with Crippen molar-refractivity contribution in [1.82, 2.24) is 0 Å². The average molecular weight is 250 g/mol. The zero-order valence-corrected chi connectivity index (χ0v) is 11.9. The molecule has 1 aromatic rings. The molecule has 3 heteroatoms. The number of hydrogen-bond acceptors (Lipinski definition) is 3. The Labute approximate surface area is 111 Å². The van der Waals surface area contributed by atoms with E-state index in [0.29, 0.717) is 12.5 Å². The van der Waals surface area contributed by atoms with Crippen LogP contribution in [0.2, 0.25) is 0 Å². The zero-order chi connectivity index (χ0) is 13.4. The van der Waals surface area contributed by atoms with Crippen LogP contribution in [0, 0.1) is 5.92 Å². The molecule has 0 unspecified atom stereocenters. The van der Waals surface area contributed by atoms with Crippen LogP contribution in [-0.4, -0.2) is 26.3 Å². The second-order valence-corrected chi connectivity index (χ2v) is 4.92. The Morgan fingerprint density at radius 1 is 1.22 bits per heavy atom. The molecule has 102 valence electrons. The van der Waals surface area contributed by atoms with Gasteiger partial charge >= 0.3 is 0 Å². The van der Waals surface area contributed by atoms with Gasteiger partial charge in [0.2, 0.25) is 0 Å². The van der Waals surface area contributed by atoms with E-state index >= 15 is 0 Å². The highest BCUT2D eigenvalue weighted by Crippen LogP contribution is 2.14. The van der Waals surface area contributed by atoms with Gasteiger partial charge in [0.05, 0.1) is 6.61 Å². The summed E-state index contributed by atoms with van der Waals surface area (Å²) in [6.45, 7) is 10.7.